The summed E-state index contributed by atoms with van der Waals surface area (Å²) in [6.07, 6.45) is 0. The van der Waals surface area contributed by atoms with Crippen LogP contribution in [0.5, 0.6) is 17.2 Å². The quantitative estimate of drug-likeness (QED) is 0.789. The number of hydrogen-bond donors (Lipinski definition) is 1. The summed E-state index contributed by atoms with van der Waals surface area (Å²) < 4.78 is 16.2. The predicted molar refractivity (Wildman–Crippen MR) is 103 cm³/mol. The van der Waals surface area contributed by atoms with Gasteiger partial charge in [0.25, 0.3) is 5.91 Å². The summed E-state index contributed by atoms with van der Waals surface area (Å²) in [4.78, 5) is 18.0. The van der Waals surface area contributed by atoms with Gasteiger partial charge in [0.2, 0.25) is 11.6 Å². The Morgan fingerprint density at radius 2 is 1.86 bits per heavy atom. The van der Waals surface area contributed by atoms with Gasteiger partial charge in [0.15, 0.2) is 6.61 Å². The van der Waals surface area contributed by atoms with Crippen molar-refractivity contribution < 1.29 is 23.8 Å². The molecule has 0 aliphatic carbocycles. The molecule has 0 spiro atoms. The van der Waals surface area contributed by atoms with Crippen molar-refractivity contribution in [2.45, 2.75) is 19.6 Å². The lowest BCUT2D eigenvalue weighted by Gasteiger charge is -2.31. The largest absolute Gasteiger partial charge is 0.497 e. The van der Waals surface area contributed by atoms with E-state index in [9.17, 15) is 4.79 Å². The number of amides is 1. The summed E-state index contributed by atoms with van der Waals surface area (Å²) in [5.74, 6) is 1.87. The first kappa shape index (κ1) is 19.3. The number of benzene rings is 2. The zero-order valence-electron chi connectivity index (χ0n) is 16.3. The number of nitrogens with one attached hydrogen (secondary N) is 1. The van der Waals surface area contributed by atoms with E-state index in [-0.39, 0.29) is 12.5 Å². The molecule has 0 saturated carbocycles. The third-order valence-corrected chi connectivity index (χ3v) is 4.11. The molecule has 148 valence electrons. The second-order valence-corrected chi connectivity index (χ2v) is 6.49. The standard InChI is InChI=1S/C20H23N3O5/c1-20(2)23(21-18(24)13-27-14-8-6-5-7-9-14)19(22-28-20)16-11-10-15(25-3)12-17(16)26-4/h5-12H,13H2,1-4H3,(H,21,24). The minimum Gasteiger partial charge on any atom is -0.497 e. The lowest BCUT2D eigenvalue weighted by molar-refractivity contribution is -0.137. The lowest BCUT2D eigenvalue weighted by Crippen LogP contribution is -2.55. The van der Waals surface area contributed by atoms with E-state index in [4.69, 9.17) is 19.0 Å². The first-order valence-corrected chi connectivity index (χ1v) is 8.71. The minimum absolute atomic E-state index is 0.149. The predicted octanol–water partition coefficient (Wildman–Crippen LogP) is 2.54. The molecule has 1 amide bonds. The molecule has 8 nitrogen and oxygen atoms in total. The molecule has 0 saturated heterocycles. The second kappa shape index (κ2) is 8.08. The molecule has 0 bridgehead atoms. The highest BCUT2D eigenvalue weighted by molar-refractivity contribution is 6.02. The minimum atomic E-state index is -0.886. The number of carbonyl (C=O) groups excluding carboxylic acids is 1. The van der Waals surface area contributed by atoms with Gasteiger partial charge in [-0.1, -0.05) is 23.4 Å². The van der Waals surface area contributed by atoms with Crippen LogP contribution in [0.25, 0.3) is 0 Å². The van der Waals surface area contributed by atoms with E-state index < -0.39 is 5.72 Å². The van der Waals surface area contributed by atoms with Gasteiger partial charge in [0.1, 0.15) is 17.2 Å². The van der Waals surface area contributed by atoms with Crippen molar-refractivity contribution in [1.82, 2.24) is 10.4 Å². The highest BCUT2D eigenvalue weighted by Gasteiger charge is 2.40. The number of hydrogen-bond acceptors (Lipinski definition) is 7. The SMILES string of the molecule is COc1ccc(C2=NOC(C)(C)N2NC(=O)COc2ccccc2)c(OC)c1. The molecule has 1 aliphatic heterocycles. The van der Waals surface area contributed by atoms with E-state index >= 15 is 0 Å². The van der Waals surface area contributed by atoms with Crippen LogP contribution in [0.2, 0.25) is 0 Å². The number of amidine groups is 1. The molecule has 1 heterocycles. The van der Waals surface area contributed by atoms with Gasteiger partial charge in [-0.15, -0.1) is 0 Å². The van der Waals surface area contributed by atoms with E-state index in [0.29, 0.717) is 28.6 Å². The first-order chi connectivity index (χ1) is 13.4. The van der Waals surface area contributed by atoms with Crippen LogP contribution in [0.15, 0.2) is 53.7 Å². The Labute approximate surface area is 163 Å². The van der Waals surface area contributed by atoms with Crippen LogP contribution in [-0.4, -0.2) is 43.3 Å². The van der Waals surface area contributed by atoms with Crippen LogP contribution in [0.3, 0.4) is 0 Å². The molecule has 0 atom stereocenters. The molecule has 3 rings (SSSR count). The highest BCUT2D eigenvalue weighted by atomic mass is 16.7. The Morgan fingerprint density at radius 1 is 1.11 bits per heavy atom. The molecule has 28 heavy (non-hydrogen) atoms. The molecule has 0 unspecified atom stereocenters. The van der Waals surface area contributed by atoms with Crippen molar-refractivity contribution in [3.63, 3.8) is 0 Å². The number of carbonyl (C=O) groups is 1. The number of methoxy groups -OCH3 is 2. The van der Waals surface area contributed by atoms with Gasteiger partial charge >= 0.3 is 0 Å². The van der Waals surface area contributed by atoms with Gasteiger partial charge in [-0.25, -0.2) is 5.01 Å². The number of para-hydroxylation sites is 1. The summed E-state index contributed by atoms with van der Waals surface area (Å²) in [5.41, 5.74) is 2.56. The van der Waals surface area contributed by atoms with Gasteiger partial charge < -0.3 is 19.0 Å². The van der Waals surface area contributed by atoms with Crippen molar-refractivity contribution in [3.8, 4) is 17.2 Å². The zero-order chi connectivity index (χ0) is 20.1. The van der Waals surface area contributed by atoms with Gasteiger partial charge in [-0.2, -0.15) is 0 Å². The van der Waals surface area contributed by atoms with E-state index in [1.54, 1.807) is 63.4 Å². The van der Waals surface area contributed by atoms with E-state index in [1.165, 1.54) is 0 Å². The Morgan fingerprint density at radius 3 is 2.54 bits per heavy atom. The maximum atomic E-state index is 12.5. The van der Waals surface area contributed by atoms with Crippen LogP contribution in [0.4, 0.5) is 0 Å². The molecule has 0 aromatic heterocycles. The van der Waals surface area contributed by atoms with Crippen LogP contribution in [-0.2, 0) is 9.63 Å². The van der Waals surface area contributed by atoms with E-state index in [1.807, 2.05) is 18.2 Å². The molecule has 8 heteroatoms. The molecular weight excluding hydrogens is 362 g/mol. The summed E-state index contributed by atoms with van der Waals surface area (Å²) in [6.45, 7) is 3.43. The molecule has 1 N–H and O–H groups in total. The Kier molecular flexibility index (Phi) is 5.58. The fourth-order valence-electron chi connectivity index (χ4n) is 2.65. The van der Waals surface area contributed by atoms with Crippen LogP contribution < -0.4 is 19.6 Å². The maximum Gasteiger partial charge on any atom is 0.276 e. The fraction of sp³-hybridized carbons (Fsp3) is 0.300. The molecule has 2 aromatic carbocycles. The van der Waals surface area contributed by atoms with Crippen molar-refractivity contribution in [2.75, 3.05) is 20.8 Å². The highest BCUT2D eigenvalue weighted by Crippen LogP contribution is 2.31. The third-order valence-electron chi connectivity index (χ3n) is 4.11. The van der Waals surface area contributed by atoms with Crippen molar-refractivity contribution in [1.29, 1.82) is 0 Å². The van der Waals surface area contributed by atoms with Gasteiger partial charge in [0.05, 0.1) is 19.8 Å². The van der Waals surface area contributed by atoms with E-state index in [0.717, 1.165) is 0 Å². The van der Waals surface area contributed by atoms with Crippen LogP contribution in [0, 0.1) is 0 Å². The first-order valence-electron chi connectivity index (χ1n) is 8.71. The summed E-state index contributed by atoms with van der Waals surface area (Å²) in [7, 11) is 3.13. The Hall–Kier alpha value is -3.42. The maximum absolute atomic E-state index is 12.5. The van der Waals surface area contributed by atoms with Gasteiger partial charge in [-0.05, 0) is 38.1 Å². The number of nitrogens with zero attached hydrogens (tertiary/aromatic N) is 2. The molecule has 2 aromatic rings. The number of rotatable bonds is 7. The molecule has 0 radical (unpaired) electrons. The molecule has 0 fully saturated rings. The monoisotopic (exact) mass is 385 g/mol. The lowest BCUT2D eigenvalue weighted by atomic mass is 10.1. The fourth-order valence-corrected chi connectivity index (χ4v) is 2.65. The Bertz CT molecular complexity index is 867. The average Bonchev–Trinajstić information content (AvgIpc) is 3.00. The average molecular weight is 385 g/mol. The summed E-state index contributed by atoms with van der Waals surface area (Å²) >= 11 is 0. The zero-order valence-corrected chi connectivity index (χ0v) is 16.3. The second-order valence-electron chi connectivity index (χ2n) is 6.49. The van der Waals surface area contributed by atoms with Crippen molar-refractivity contribution >= 4 is 11.7 Å². The number of oxime groups is 1. The third kappa shape index (κ3) is 4.11. The van der Waals surface area contributed by atoms with Crippen molar-refractivity contribution in [2.24, 2.45) is 5.16 Å². The normalized spacial score (nSPS) is 14.7. The summed E-state index contributed by atoms with van der Waals surface area (Å²) in [6, 6.07) is 14.4. The van der Waals surface area contributed by atoms with Crippen LogP contribution >= 0.6 is 0 Å². The Balaban J connectivity index is 1.76. The number of ether oxygens (including phenoxy) is 3. The van der Waals surface area contributed by atoms with Gasteiger partial charge in [-0.3, -0.25) is 10.2 Å². The number of hydrazine groups is 1. The molecular formula is C20H23N3O5. The smallest absolute Gasteiger partial charge is 0.276 e. The van der Waals surface area contributed by atoms with Crippen molar-refractivity contribution in [3.05, 3.63) is 54.1 Å². The van der Waals surface area contributed by atoms with Crippen LogP contribution in [0.1, 0.15) is 19.4 Å². The topological polar surface area (TPSA) is 81.6 Å². The van der Waals surface area contributed by atoms with E-state index in [2.05, 4.69) is 10.6 Å². The van der Waals surface area contributed by atoms with Gasteiger partial charge in [0, 0.05) is 6.07 Å². The molecule has 1 aliphatic rings. The summed E-state index contributed by atoms with van der Waals surface area (Å²) in [5, 5.41) is 5.69.